The van der Waals surface area contributed by atoms with E-state index in [1.807, 2.05) is 37.3 Å². The summed E-state index contributed by atoms with van der Waals surface area (Å²) in [5, 5.41) is 4.73. The Balaban J connectivity index is 2.11. The minimum atomic E-state index is 0.565. The summed E-state index contributed by atoms with van der Waals surface area (Å²) >= 11 is 12.3. The summed E-state index contributed by atoms with van der Waals surface area (Å²) in [7, 11) is 1.61. The van der Waals surface area contributed by atoms with Crippen molar-refractivity contribution in [2.45, 2.75) is 20.0 Å². The predicted molar refractivity (Wildman–Crippen MR) is 91.2 cm³/mol. The van der Waals surface area contributed by atoms with Crippen LogP contribution in [0.5, 0.6) is 11.5 Å². The Kier molecular flexibility index (Phi) is 6.37. The lowest BCUT2D eigenvalue weighted by molar-refractivity contribution is 0.307. The number of benzene rings is 2. The van der Waals surface area contributed by atoms with Gasteiger partial charge in [-0.3, -0.25) is 0 Å². The van der Waals surface area contributed by atoms with E-state index in [0.717, 1.165) is 21.9 Å². The van der Waals surface area contributed by atoms with Crippen LogP contribution in [0.2, 0.25) is 10.0 Å². The van der Waals surface area contributed by atoms with Crippen molar-refractivity contribution in [1.29, 1.82) is 0 Å². The first-order valence-electron chi connectivity index (χ1n) is 7.09. The van der Waals surface area contributed by atoms with Crippen molar-refractivity contribution < 1.29 is 9.47 Å². The fraction of sp³-hybridized carbons (Fsp3) is 0.294. The fourth-order valence-corrected chi connectivity index (χ4v) is 2.62. The molecule has 118 valence electrons. The summed E-state index contributed by atoms with van der Waals surface area (Å²) in [6.07, 6.45) is 0. The maximum absolute atomic E-state index is 6.15. The van der Waals surface area contributed by atoms with Gasteiger partial charge in [0.15, 0.2) is 11.5 Å². The Morgan fingerprint density at radius 2 is 1.77 bits per heavy atom. The molecule has 2 aromatic carbocycles. The molecule has 0 unspecified atom stereocenters. The van der Waals surface area contributed by atoms with Crippen LogP contribution in [0.3, 0.4) is 0 Å². The average molecular weight is 340 g/mol. The van der Waals surface area contributed by atoms with Gasteiger partial charge in [0.1, 0.15) is 0 Å². The van der Waals surface area contributed by atoms with Gasteiger partial charge in [0.05, 0.1) is 13.7 Å². The minimum Gasteiger partial charge on any atom is -0.493 e. The third-order valence-corrected chi connectivity index (χ3v) is 3.78. The third-order valence-electron chi connectivity index (χ3n) is 3.19. The van der Waals surface area contributed by atoms with Gasteiger partial charge < -0.3 is 14.8 Å². The summed E-state index contributed by atoms with van der Waals surface area (Å²) in [5.41, 5.74) is 2.01. The average Bonchev–Trinajstić information content (AvgIpc) is 2.51. The van der Waals surface area contributed by atoms with Gasteiger partial charge in [-0.25, -0.2) is 0 Å². The van der Waals surface area contributed by atoms with Crippen LogP contribution in [0.4, 0.5) is 0 Å². The second-order valence-electron chi connectivity index (χ2n) is 4.72. The first-order chi connectivity index (χ1) is 10.7. The van der Waals surface area contributed by atoms with Crippen LogP contribution in [0.25, 0.3) is 0 Å². The van der Waals surface area contributed by atoms with Gasteiger partial charge in [-0.1, -0.05) is 41.4 Å². The van der Waals surface area contributed by atoms with E-state index in [2.05, 4.69) is 5.32 Å². The van der Waals surface area contributed by atoms with E-state index in [9.17, 15) is 0 Å². The molecule has 0 amide bonds. The summed E-state index contributed by atoms with van der Waals surface area (Å²) in [6.45, 7) is 3.78. The van der Waals surface area contributed by atoms with Crippen molar-refractivity contribution in [1.82, 2.24) is 5.32 Å². The highest BCUT2D eigenvalue weighted by atomic mass is 35.5. The molecule has 2 rings (SSSR count). The largest absolute Gasteiger partial charge is 0.493 e. The zero-order valence-corrected chi connectivity index (χ0v) is 14.2. The molecule has 0 radical (unpaired) electrons. The van der Waals surface area contributed by atoms with E-state index in [0.29, 0.717) is 30.5 Å². The number of ether oxygens (including phenoxy) is 2. The van der Waals surface area contributed by atoms with Crippen LogP contribution in [0, 0.1) is 0 Å². The molecular weight excluding hydrogens is 321 g/mol. The lowest BCUT2D eigenvalue weighted by Crippen LogP contribution is -2.14. The van der Waals surface area contributed by atoms with Crippen molar-refractivity contribution in [3.8, 4) is 11.5 Å². The van der Waals surface area contributed by atoms with Crippen LogP contribution < -0.4 is 14.8 Å². The second-order valence-corrected chi connectivity index (χ2v) is 5.57. The highest BCUT2D eigenvalue weighted by Gasteiger charge is 2.12. The van der Waals surface area contributed by atoms with Gasteiger partial charge in [-0.2, -0.15) is 0 Å². The molecule has 0 aliphatic rings. The zero-order chi connectivity index (χ0) is 15.9. The topological polar surface area (TPSA) is 30.5 Å². The SMILES string of the molecule is CCOc1c(CNCc2ccccc2Cl)cc(Cl)cc1OC. The molecular formula is C17H19Cl2NO2. The quantitative estimate of drug-likeness (QED) is 0.793. The maximum Gasteiger partial charge on any atom is 0.165 e. The van der Waals surface area contributed by atoms with Crippen LogP contribution in [-0.4, -0.2) is 13.7 Å². The normalized spacial score (nSPS) is 10.5. The number of halogens is 2. The standard InChI is InChI=1S/C17H19Cl2NO2/c1-3-22-17-13(8-14(18)9-16(17)21-2)11-20-10-12-6-4-5-7-15(12)19/h4-9,20H,3,10-11H2,1-2H3. The van der Waals surface area contributed by atoms with Crippen LogP contribution in [0.15, 0.2) is 36.4 Å². The minimum absolute atomic E-state index is 0.565. The summed E-state index contributed by atoms with van der Waals surface area (Å²) in [5.74, 6) is 1.37. The number of hydrogen-bond acceptors (Lipinski definition) is 3. The summed E-state index contributed by atoms with van der Waals surface area (Å²) < 4.78 is 11.0. The van der Waals surface area contributed by atoms with E-state index in [1.165, 1.54) is 0 Å². The number of methoxy groups -OCH3 is 1. The molecule has 3 nitrogen and oxygen atoms in total. The highest BCUT2D eigenvalue weighted by Crippen LogP contribution is 2.34. The number of rotatable bonds is 7. The van der Waals surface area contributed by atoms with Crippen molar-refractivity contribution in [2.75, 3.05) is 13.7 Å². The van der Waals surface area contributed by atoms with Gasteiger partial charge in [0.25, 0.3) is 0 Å². The highest BCUT2D eigenvalue weighted by molar-refractivity contribution is 6.31. The zero-order valence-electron chi connectivity index (χ0n) is 12.7. The molecule has 0 aliphatic heterocycles. The monoisotopic (exact) mass is 339 g/mol. The predicted octanol–water partition coefficient (Wildman–Crippen LogP) is 4.69. The molecule has 0 aromatic heterocycles. The molecule has 0 aliphatic carbocycles. The lowest BCUT2D eigenvalue weighted by atomic mass is 10.1. The van der Waals surface area contributed by atoms with E-state index in [1.54, 1.807) is 13.2 Å². The van der Waals surface area contributed by atoms with Crippen LogP contribution in [0.1, 0.15) is 18.1 Å². The Bertz CT molecular complexity index is 632. The molecule has 22 heavy (non-hydrogen) atoms. The summed E-state index contributed by atoms with van der Waals surface area (Å²) in [4.78, 5) is 0. The van der Waals surface area contributed by atoms with E-state index in [4.69, 9.17) is 32.7 Å². The third kappa shape index (κ3) is 4.29. The molecule has 0 saturated heterocycles. The molecule has 5 heteroatoms. The van der Waals surface area contributed by atoms with Crippen molar-refractivity contribution in [3.63, 3.8) is 0 Å². The van der Waals surface area contributed by atoms with E-state index < -0.39 is 0 Å². The molecule has 2 aromatic rings. The molecule has 0 heterocycles. The smallest absolute Gasteiger partial charge is 0.165 e. The maximum atomic E-state index is 6.15. The van der Waals surface area contributed by atoms with Crippen LogP contribution in [-0.2, 0) is 13.1 Å². The first kappa shape index (κ1) is 16.9. The second kappa shape index (κ2) is 8.28. The molecule has 1 N–H and O–H groups in total. The van der Waals surface area contributed by atoms with Gasteiger partial charge in [0, 0.05) is 34.8 Å². The molecule has 0 saturated carbocycles. The van der Waals surface area contributed by atoms with Crippen LogP contribution >= 0.6 is 23.2 Å². The van der Waals surface area contributed by atoms with Crippen molar-refractivity contribution in [2.24, 2.45) is 0 Å². The Morgan fingerprint density at radius 3 is 2.45 bits per heavy atom. The Morgan fingerprint density at radius 1 is 1.05 bits per heavy atom. The number of hydrogen-bond donors (Lipinski definition) is 1. The summed E-state index contributed by atoms with van der Waals surface area (Å²) in [6, 6.07) is 11.4. The molecule has 0 spiro atoms. The number of nitrogens with one attached hydrogen (secondary N) is 1. The molecule has 0 bridgehead atoms. The van der Waals surface area contributed by atoms with E-state index in [-0.39, 0.29) is 0 Å². The van der Waals surface area contributed by atoms with E-state index >= 15 is 0 Å². The molecule has 0 atom stereocenters. The van der Waals surface area contributed by atoms with Crippen molar-refractivity contribution >= 4 is 23.2 Å². The van der Waals surface area contributed by atoms with Gasteiger partial charge in [-0.15, -0.1) is 0 Å². The molecule has 0 fully saturated rings. The first-order valence-corrected chi connectivity index (χ1v) is 7.84. The van der Waals surface area contributed by atoms with Crippen molar-refractivity contribution in [3.05, 3.63) is 57.6 Å². The Labute approximate surface area is 141 Å². The Hall–Kier alpha value is -1.42. The lowest BCUT2D eigenvalue weighted by Gasteiger charge is -2.15. The van der Waals surface area contributed by atoms with Gasteiger partial charge >= 0.3 is 0 Å². The van der Waals surface area contributed by atoms with Gasteiger partial charge in [0.2, 0.25) is 0 Å². The van der Waals surface area contributed by atoms with Gasteiger partial charge in [-0.05, 0) is 24.6 Å². The fourth-order valence-electron chi connectivity index (χ4n) is 2.19.